The normalized spacial score (nSPS) is 15.7. The van der Waals surface area contributed by atoms with Crippen LogP contribution < -0.4 is 0 Å². The Bertz CT molecular complexity index is 819. The van der Waals surface area contributed by atoms with Crippen molar-refractivity contribution in [1.82, 2.24) is 0 Å². The Morgan fingerprint density at radius 2 is 1.52 bits per heavy atom. The van der Waals surface area contributed by atoms with E-state index in [4.69, 9.17) is 0 Å². The fourth-order valence-electron chi connectivity index (χ4n) is 3.60. The minimum Gasteiger partial charge on any atom is -0.0886 e. The van der Waals surface area contributed by atoms with Crippen molar-refractivity contribution in [2.45, 2.75) is 26.2 Å². The minimum absolute atomic E-state index is 0.145. The van der Waals surface area contributed by atoms with Gasteiger partial charge in [-0.2, -0.15) is 0 Å². The van der Waals surface area contributed by atoms with Gasteiger partial charge in [-0.15, -0.1) is 0 Å². The van der Waals surface area contributed by atoms with Gasteiger partial charge in [0.05, 0.1) is 0 Å². The number of aryl methyl sites for hydroxylation is 1. The van der Waals surface area contributed by atoms with E-state index in [-0.39, 0.29) is 12.9 Å². The summed E-state index contributed by atoms with van der Waals surface area (Å²) in [7, 11) is -0.328. The lowest BCUT2D eigenvalue weighted by Gasteiger charge is -2.23. The average molecular weight is 290 g/mol. The van der Waals surface area contributed by atoms with Crippen LogP contribution in [0.5, 0.6) is 0 Å². The van der Waals surface area contributed by atoms with Crippen LogP contribution in [0.15, 0.2) is 60.4 Å². The largest absolute Gasteiger partial charge is 0.0886 e. The predicted molar refractivity (Wildman–Crippen MR) is 92.8 cm³/mol. The van der Waals surface area contributed by atoms with E-state index in [0.717, 1.165) is 0 Å². The molecule has 0 spiro atoms. The number of rotatable bonds is 1. The van der Waals surface area contributed by atoms with Crippen LogP contribution in [0.4, 0.5) is 0 Å². The zero-order valence-corrected chi connectivity index (χ0v) is 13.6. The van der Waals surface area contributed by atoms with Gasteiger partial charge in [0.15, 0.2) is 0 Å². The van der Waals surface area contributed by atoms with Gasteiger partial charge in [0.2, 0.25) is 0 Å². The van der Waals surface area contributed by atoms with E-state index < -0.39 is 0 Å². The van der Waals surface area contributed by atoms with Crippen LogP contribution in [0.25, 0.3) is 16.4 Å². The smallest absolute Gasteiger partial charge is 0.0199 e. The van der Waals surface area contributed by atoms with Crippen molar-refractivity contribution in [2.24, 2.45) is 0 Å². The molecule has 1 aliphatic carbocycles. The Balaban J connectivity index is 1.97. The fraction of sp³-hybridized carbons (Fsp3) is 0.200. The Kier molecular flexibility index (Phi) is 2.68. The summed E-state index contributed by atoms with van der Waals surface area (Å²) in [5.41, 5.74) is 5.87. The molecular formula is C20H19P. The maximum atomic E-state index is 2.43. The van der Waals surface area contributed by atoms with E-state index >= 15 is 0 Å². The molecule has 1 unspecified atom stereocenters. The quantitative estimate of drug-likeness (QED) is 0.495. The van der Waals surface area contributed by atoms with E-state index in [2.05, 4.69) is 81.2 Å². The highest BCUT2D eigenvalue weighted by molar-refractivity contribution is 7.57. The zero-order chi connectivity index (χ0) is 14.6. The summed E-state index contributed by atoms with van der Waals surface area (Å²) in [6.07, 6.45) is 0. The summed E-state index contributed by atoms with van der Waals surface area (Å²) in [5, 5.41) is 3.10. The molecule has 1 heteroatoms. The molecule has 1 heterocycles. The van der Waals surface area contributed by atoms with Crippen LogP contribution >= 0.6 is 7.53 Å². The highest BCUT2D eigenvalue weighted by atomic mass is 31.1. The van der Waals surface area contributed by atoms with Gasteiger partial charge in [-0.1, -0.05) is 75.5 Å². The third-order valence-corrected chi connectivity index (χ3v) is 7.26. The molecule has 0 nitrogen and oxygen atoms in total. The zero-order valence-electron chi connectivity index (χ0n) is 12.7. The van der Waals surface area contributed by atoms with E-state index in [1.165, 1.54) is 27.6 Å². The lowest BCUT2D eigenvalue weighted by atomic mass is 9.87. The van der Waals surface area contributed by atoms with E-state index in [1.807, 2.05) is 0 Å². The molecule has 0 fully saturated rings. The number of fused-ring (bicyclic) bond motifs is 3. The lowest BCUT2D eigenvalue weighted by Crippen LogP contribution is -2.13. The molecule has 0 aliphatic heterocycles. The third-order valence-electron chi connectivity index (χ3n) is 4.68. The molecule has 1 atom stereocenters. The van der Waals surface area contributed by atoms with Gasteiger partial charge in [0.25, 0.3) is 0 Å². The average Bonchev–Trinajstić information content (AvgIpc) is 3.01. The van der Waals surface area contributed by atoms with Gasteiger partial charge in [-0.25, -0.2) is 0 Å². The summed E-state index contributed by atoms with van der Waals surface area (Å²) in [4.78, 5) is 0. The van der Waals surface area contributed by atoms with Crippen LogP contribution in [-0.2, 0) is 5.41 Å². The summed E-state index contributed by atoms with van der Waals surface area (Å²) in [5.74, 6) is 2.43. The van der Waals surface area contributed by atoms with Crippen molar-refractivity contribution in [3.05, 3.63) is 76.8 Å². The maximum Gasteiger partial charge on any atom is 0.0199 e. The molecule has 0 bridgehead atoms. The monoisotopic (exact) mass is 290 g/mol. The standard InChI is InChI=1S/C20H19P/c1-14-8-10-15(11-9-14)21-13-12-17-16-6-4-5-7-18(16)20(2,3)19(17)21/h4-13H,1-3H3. The lowest BCUT2D eigenvalue weighted by molar-refractivity contribution is 0.674. The first-order valence-electron chi connectivity index (χ1n) is 7.48. The Morgan fingerprint density at radius 1 is 0.810 bits per heavy atom. The van der Waals surface area contributed by atoms with Crippen LogP contribution in [-0.4, -0.2) is 0 Å². The van der Waals surface area contributed by atoms with Crippen molar-refractivity contribution < 1.29 is 0 Å². The van der Waals surface area contributed by atoms with Gasteiger partial charge in [0.1, 0.15) is 0 Å². The van der Waals surface area contributed by atoms with Gasteiger partial charge < -0.3 is 0 Å². The fourth-order valence-corrected chi connectivity index (χ4v) is 6.12. The molecule has 3 aromatic rings. The third kappa shape index (κ3) is 1.76. The first kappa shape index (κ1) is 12.9. The van der Waals surface area contributed by atoms with Gasteiger partial charge in [-0.3, -0.25) is 0 Å². The van der Waals surface area contributed by atoms with Crippen LogP contribution in [0.1, 0.15) is 30.3 Å². The van der Waals surface area contributed by atoms with Crippen molar-refractivity contribution in [3.63, 3.8) is 0 Å². The van der Waals surface area contributed by atoms with Crippen molar-refractivity contribution in [2.75, 3.05) is 0 Å². The molecule has 0 saturated carbocycles. The van der Waals surface area contributed by atoms with Crippen LogP contribution in [0.3, 0.4) is 0 Å². The molecule has 4 rings (SSSR count). The van der Waals surface area contributed by atoms with E-state index in [0.29, 0.717) is 0 Å². The molecule has 0 saturated heterocycles. The maximum absolute atomic E-state index is 2.43. The van der Waals surface area contributed by atoms with Gasteiger partial charge in [0, 0.05) is 5.41 Å². The molecule has 104 valence electrons. The highest BCUT2D eigenvalue weighted by Crippen LogP contribution is 2.60. The first-order valence-corrected chi connectivity index (χ1v) is 8.89. The van der Waals surface area contributed by atoms with Crippen LogP contribution in [0, 0.1) is 6.92 Å². The molecule has 0 radical (unpaired) electrons. The predicted octanol–water partition coefficient (Wildman–Crippen LogP) is 6.28. The Morgan fingerprint density at radius 3 is 2.29 bits per heavy atom. The molecule has 1 aliphatic rings. The van der Waals surface area contributed by atoms with Crippen molar-refractivity contribution in [1.29, 1.82) is 0 Å². The topological polar surface area (TPSA) is 0 Å². The van der Waals surface area contributed by atoms with E-state index in [1.54, 1.807) is 5.30 Å². The van der Waals surface area contributed by atoms with Crippen molar-refractivity contribution >= 4 is 7.53 Å². The molecular weight excluding hydrogens is 271 g/mol. The summed E-state index contributed by atoms with van der Waals surface area (Å²) >= 11 is 0. The van der Waals surface area contributed by atoms with E-state index in [9.17, 15) is 0 Å². The summed E-state index contributed by atoms with van der Waals surface area (Å²) in [6.45, 7) is 6.91. The second-order valence-electron chi connectivity index (χ2n) is 6.45. The Labute approximate surface area is 127 Å². The summed E-state index contributed by atoms with van der Waals surface area (Å²) in [6, 6.07) is 20.3. The number of benzene rings is 2. The van der Waals surface area contributed by atoms with Gasteiger partial charge in [-0.05, 0) is 46.1 Å². The molecule has 0 amide bonds. The second-order valence-corrected chi connectivity index (χ2v) is 8.46. The molecule has 1 aromatic heterocycles. The SMILES string of the molecule is Cc1ccc(-p2ccc3c2C(C)(C)c2ccccc2-3)cc1. The minimum atomic E-state index is -0.328. The first-order chi connectivity index (χ1) is 10.1. The number of hydrogen-bond donors (Lipinski definition) is 0. The molecule has 2 aromatic carbocycles. The highest BCUT2D eigenvalue weighted by Gasteiger charge is 2.37. The van der Waals surface area contributed by atoms with Crippen LogP contribution in [0.2, 0.25) is 0 Å². The second kappa shape index (κ2) is 4.36. The number of hydrogen-bond acceptors (Lipinski definition) is 0. The van der Waals surface area contributed by atoms with Gasteiger partial charge >= 0.3 is 0 Å². The molecule has 21 heavy (non-hydrogen) atoms. The molecule has 0 N–H and O–H groups in total. The van der Waals surface area contributed by atoms with Crippen molar-refractivity contribution in [3.8, 4) is 16.4 Å². The summed E-state index contributed by atoms with van der Waals surface area (Å²) < 4.78 is 0. The Hall–Kier alpha value is -1.78.